The summed E-state index contributed by atoms with van der Waals surface area (Å²) in [5.41, 5.74) is 3.66. The third-order valence-electron chi connectivity index (χ3n) is 5.16. The number of nitrogens with one attached hydrogen (secondary N) is 1. The molecule has 0 bridgehead atoms. The monoisotopic (exact) mass is 383 g/mol. The maximum absolute atomic E-state index is 13.1. The molecule has 0 aliphatic carbocycles. The molecule has 1 amide bonds. The number of cyclic esters (lactones) is 1. The number of esters is 1. The highest BCUT2D eigenvalue weighted by molar-refractivity contribution is 5.97. The molecule has 0 radical (unpaired) electrons. The first kappa shape index (κ1) is 16.8. The van der Waals surface area contributed by atoms with Gasteiger partial charge in [0.1, 0.15) is 6.17 Å². The number of nitrogens with zero attached hydrogens (tertiary/aromatic N) is 2. The van der Waals surface area contributed by atoms with Crippen molar-refractivity contribution in [2.75, 3.05) is 18.6 Å². The highest BCUT2D eigenvalue weighted by atomic mass is 16.7. The zero-order valence-electron chi connectivity index (χ0n) is 15.0. The lowest BCUT2D eigenvalue weighted by atomic mass is 10.1. The van der Waals surface area contributed by atoms with Crippen molar-refractivity contribution in [1.82, 2.24) is 9.58 Å². The molecule has 4 heterocycles. The van der Waals surface area contributed by atoms with Gasteiger partial charge in [0.05, 0.1) is 18.3 Å². The predicted octanol–water partition coefficient (Wildman–Crippen LogP) is 0.840. The number of ether oxygens (including phenoxy) is 3. The van der Waals surface area contributed by atoms with Crippen LogP contribution in [0.3, 0.4) is 0 Å². The Hall–Kier alpha value is -3.33. The Morgan fingerprint density at radius 2 is 2.00 bits per heavy atom. The molecule has 9 heteroatoms. The zero-order chi connectivity index (χ0) is 19.4. The fraction of sp³-hybridized carbons (Fsp3) is 0.316. The number of pyridine rings is 1. The van der Waals surface area contributed by atoms with Crippen molar-refractivity contribution >= 4 is 11.9 Å². The van der Waals surface area contributed by atoms with Gasteiger partial charge in [0, 0.05) is 24.4 Å². The highest BCUT2D eigenvalue weighted by Crippen LogP contribution is 2.34. The Morgan fingerprint density at radius 1 is 1.18 bits per heavy atom. The minimum absolute atomic E-state index is 0.0679. The molecule has 3 aliphatic rings. The van der Waals surface area contributed by atoms with E-state index < -0.39 is 17.7 Å². The molecule has 3 unspecified atom stereocenters. The van der Waals surface area contributed by atoms with E-state index in [1.807, 2.05) is 6.92 Å². The smallest absolute Gasteiger partial charge is 0.342 e. The predicted molar refractivity (Wildman–Crippen MR) is 95.5 cm³/mol. The Labute approximate surface area is 159 Å². The lowest BCUT2D eigenvalue weighted by Crippen LogP contribution is -2.62. The summed E-state index contributed by atoms with van der Waals surface area (Å²) >= 11 is 0. The van der Waals surface area contributed by atoms with E-state index in [0.29, 0.717) is 24.3 Å². The van der Waals surface area contributed by atoms with Crippen molar-refractivity contribution in [3.63, 3.8) is 0 Å². The van der Waals surface area contributed by atoms with Crippen molar-refractivity contribution < 1.29 is 23.8 Å². The second-order valence-electron chi connectivity index (χ2n) is 6.82. The Balaban J connectivity index is 1.56. The molecule has 1 fully saturated rings. The van der Waals surface area contributed by atoms with Crippen LogP contribution in [0.4, 0.5) is 0 Å². The molecular weight excluding hydrogens is 366 g/mol. The number of benzene rings is 1. The summed E-state index contributed by atoms with van der Waals surface area (Å²) in [4.78, 5) is 39.3. The minimum Gasteiger partial charge on any atom is -0.444 e. The SMILES string of the molecule is CC1OCCN2C(=O)c3c(OC4OC(=O)c5ccccc54)c(=O)ccn3NC12. The number of hydrogen-bond acceptors (Lipinski definition) is 7. The molecule has 3 aliphatic heterocycles. The van der Waals surface area contributed by atoms with Crippen LogP contribution in [0.2, 0.25) is 0 Å². The summed E-state index contributed by atoms with van der Waals surface area (Å²) in [7, 11) is 0. The van der Waals surface area contributed by atoms with Crippen molar-refractivity contribution in [3.8, 4) is 5.75 Å². The number of carbonyl (C=O) groups excluding carboxylic acids is 2. The van der Waals surface area contributed by atoms with E-state index in [9.17, 15) is 14.4 Å². The number of amides is 1. The molecular formula is C19H17N3O6. The first-order chi connectivity index (χ1) is 13.5. The van der Waals surface area contributed by atoms with E-state index in [1.54, 1.807) is 29.2 Å². The van der Waals surface area contributed by atoms with Gasteiger partial charge in [-0.05, 0) is 13.0 Å². The molecule has 2 aromatic rings. The maximum atomic E-state index is 13.1. The van der Waals surface area contributed by atoms with E-state index in [0.717, 1.165) is 0 Å². The fourth-order valence-corrected chi connectivity index (χ4v) is 3.75. The lowest BCUT2D eigenvalue weighted by Gasteiger charge is -2.44. The van der Waals surface area contributed by atoms with E-state index in [4.69, 9.17) is 14.2 Å². The summed E-state index contributed by atoms with van der Waals surface area (Å²) in [5, 5.41) is 0. The van der Waals surface area contributed by atoms with Crippen LogP contribution < -0.4 is 15.6 Å². The van der Waals surface area contributed by atoms with Gasteiger partial charge in [-0.1, -0.05) is 18.2 Å². The lowest BCUT2D eigenvalue weighted by molar-refractivity contribution is -0.0520. The van der Waals surface area contributed by atoms with E-state index in [-0.39, 0.29) is 29.6 Å². The van der Waals surface area contributed by atoms with E-state index in [1.165, 1.54) is 16.9 Å². The fourth-order valence-electron chi connectivity index (χ4n) is 3.75. The summed E-state index contributed by atoms with van der Waals surface area (Å²) in [6, 6.07) is 8.08. The second kappa shape index (κ2) is 6.10. The Morgan fingerprint density at radius 3 is 2.86 bits per heavy atom. The summed E-state index contributed by atoms with van der Waals surface area (Å²) in [6.07, 6.45) is -0.167. The van der Waals surface area contributed by atoms with Gasteiger partial charge in [-0.15, -0.1) is 0 Å². The average Bonchev–Trinajstić information content (AvgIpc) is 3.01. The third kappa shape index (κ3) is 2.40. The molecule has 1 saturated heterocycles. The van der Waals surface area contributed by atoms with Crippen LogP contribution in [0, 0.1) is 0 Å². The maximum Gasteiger partial charge on any atom is 0.342 e. The molecule has 9 nitrogen and oxygen atoms in total. The van der Waals surface area contributed by atoms with Gasteiger partial charge in [0.2, 0.25) is 11.2 Å². The van der Waals surface area contributed by atoms with Gasteiger partial charge in [-0.3, -0.25) is 14.3 Å². The Kier molecular flexibility index (Phi) is 3.66. The number of hydrogen-bond donors (Lipinski definition) is 1. The molecule has 28 heavy (non-hydrogen) atoms. The van der Waals surface area contributed by atoms with Crippen molar-refractivity contribution in [2.24, 2.45) is 0 Å². The molecule has 0 saturated carbocycles. The first-order valence-corrected chi connectivity index (χ1v) is 8.96. The second-order valence-corrected chi connectivity index (χ2v) is 6.82. The number of rotatable bonds is 2. The van der Waals surface area contributed by atoms with Crippen LogP contribution in [0.15, 0.2) is 41.3 Å². The topological polar surface area (TPSA) is 99.1 Å². The summed E-state index contributed by atoms with van der Waals surface area (Å²) < 4.78 is 18.1. The molecule has 1 N–H and O–H groups in total. The quantitative estimate of drug-likeness (QED) is 0.767. The van der Waals surface area contributed by atoms with Crippen molar-refractivity contribution in [3.05, 3.63) is 63.6 Å². The van der Waals surface area contributed by atoms with Crippen LogP contribution >= 0.6 is 0 Å². The van der Waals surface area contributed by atoms with E-state index >= 15 is 0 Å². The first-order valence-electron chi connectivity index (χ1n) is 8.96. The number of aromatic nitrogens is 1. The molecule has 5 rings (SSSR count). The normalized spacial score (nSPS) is 25.3. The van der Waals surface area contributed by atoms with Gasteiger partial charge in [-0.25, -0.2) is 4.79 Å². The molecule has 144 valence electrons. The van der Waals surface area contributed by atoms with Gasteiger partial charge < -0.3 is 24.5 Å². The third-order valence-corrected chi connectivity index (χ3v) is 5.16. The average molecular weight is 383 g/mol. The van der Waals surface area contributed by atoms with Crippen LogP contribution in [0.5, 0.6) is 5.75 Å². The van der Waals surface area contributed by atoms with Gasteiger partial charge in [0.15, 0.2) is 5.69 Å². The highest BCUT2D eigenvalue weighted by Gasteiger charge is 2.41. The van der Waals surface area contributed by atoms with Gasteiger partial charge in [-0.2, -0.15) is 0 Å². The number of carbonyl (C=O) groups is 2. The molecule has 0 spiro atoms. The van der Waals surface area contributed by atoms with Gasteiger partial charge >= 0.3 is 5.97 Å². The standard InChI is InChI=1S/C19H17N3O6/c1-10-16-20-22-7-6-13(23)15(14(22)17(24)21(16)8-9-26-10)27-19-12-5-3-2-4-11(12)18(25)28-19/h2-7,10,16,19-20H,8-9H2,1H3. The van der Waals surface area contributed by atoms with Crippen LogP contribution in [-0.4, -0.2) is 46.9 Å². The summed E-state index contributed by atoms with van der Waals surface area (Å²) in [6.45, 7) is 2.67. The zero-order valence-corrected chi connectivity index (χ0v) is 15.0. The van der Waals surface area contributed by atoms with Crippen molar-refractivity contribution in [2.45, 2.75) is 25.5 Å². The van der Waals surface area contributed by atoms with Crippen molar-refractivity contribution in [1.29, 1.82) is 0 Å². The molecule has 1 aromatic carbocycles. The summed E-state index contributed by atoms with van der Waals surface area (Å²) in [5.74, 6) is -1.03. The molecule has 3 atom stereocenters. The van der Waals surface area contributed by atoms with Crippen LogP contribution in [-0.2, 0) is 9.47 Å². The molecule has 1 aromatic heterocycles. The number of morpholine rings is 1. The van der Waals surface area contributed by atoms with Crippen LogP contribution in [0.1, 0.15) is 39.6 Å². The van der Waals surface area contributed by atoms with Crippen LogP contribution in [0.25, 0.3) is 0 Å². The Bertz CT molecular complexity index is 1050. The largest absolute Gasteiger partial charge is 0.444 e. The van der Waals surface area contributed by atoms with E-state index in [2.05, 4.69) is 5.43 Å². The minimum atomic E-state index is -1.09. The van der Waals surface area contributed by atoms with Gasteiger partial charge in [0.25, 0.3) is 12.2 Å². The number of fused-ring (bicyclic) bond motifs is 3.